The molecule has 0 bridgehead atoms. The number of nitrogens with zero attached hydrogens (tertiary/aromatic N) is 2. The molecule has 0 spiro atoms. The highest BCUT2D eigenvalue weighted by atomic mass is 16.3. The van der Waals surface area contributed by atoms with Crippen LogP contribution in [0.4, 0.5) is 17.1 Å². The molecule has 3 heteroatoms. The molecule has 0 saturated heterocycles. The number of aromatic nitrogens is 1. The Kier molecular flexibility index (Phi) is 7.54. The molecule has 0 aliphatic carbocycles. The zero-order valence-corrected chi connectivity index (χ0v) is 32.1. The van der Waals surface area contributed by atoms with E-state index in [1.165, 1.54) is 49.1 Å². The lowest BCUT2D eigenvalue weighted by molar-refractivity contribution is 0.673. The largest absolute Gasteiger partial charge is 0.455 e. The second-order valence-corrected chi connectivity index (χ2v) is 15.3. The van der Waals surface area contributed by atoms with Crippen LogP contribution in [-0.2, 0) is 0 Å². The smallest absolute Gasteiger partial charge is 0.143 e. The van der Waals surface area contributed by atoms with E-state index in [4.69, 9.17) is 4.42 Å². The second-order valence-electron chi connectivity index (χ2n) is 15.3. The van der Waals surface area contributed by atoms with Crippen LogP contribution in [0.15, 0.2) is 223 Å². The molecule has 10 aromatic carbocycles. The van der Waals surface area contributed by atoms with Gasteiger partial charge in [0.1, 0.15) is 11.2 Å². The van der Waals surface area contributed by atoms with Crippen molar-refractivity contribution in [3.63, 3.8) is 0 Å². The van der Waals surface area contributed by atoms with Crippen LogP contribution in [0.2, 0.25) is 0 Å². The van der Waals surface area contributed by atoms with Gasteiger partial charge < -0.3 is 13.9 Å². The maximum atomic E-state index is 6.57. The van der Waals surface area contributed by atoms with Crippen LogP contribution in [0.25, 0.3) is 93.2 Å². The lowest BCUT2D eigenvalue weighted by Gasteiger charge is -2.28. The van der Waals surface area contributed by atoms with Crippen molar-refractivity contribution in [2.24, 2.45) is 0 Å². The van der Waals surface area contributed by atoms with Crippen LogP contribution in [0.1, 0.15) is 0 Å². The van der Waals surface area contributed by atoms with Crippen molar-refractivity contribution < 1.29 is 4.42 Å². The third-order valence-electron chi connectivity index (χ3n) is 12.0. The molecule has 12 aromatic rings. The molecule has 0 aliphatic heterocycles. The Balaban J connectivity index is 1.03. The van der Waals surface area contributed by atoms with Crippen molar-refractivity contribution in [3.05, 3.63) is 218 Å². The van der Waals surface area contributed by atoms with Crippen molar-refractivity contribution in [2.45, 2.75) is 0 Å². The predicted molar refractivity (Wildman–Crippen MR) is 249 cm³/mol. The van der Waals surface area contributed by atoms with Gasteiger partial charge >= 0.3 is 0 Å². The van der Waals surface area contributed by atoms with E-state index < -0.39 is 0 Å². The Morgan fingerprint density at radius 1 is 0.373 bits per heavy atom. The molecule has 2 heterocycles. The molecule has 276 valence electrons. The molecule has 0 unspecified atom stereocenters. The minimum atomic E-state index is 0.895. The van der Waals surface area contributed by atoms with Crippen molar-refractivity contribution in [2.75, 3.05) is 4.90 Å². The summed E-state index contributed by atoms with van der Waals surface area (Å²) in [7, 11) is 0. The molecule has 0 saturated carbocycles. The first-order valence-electron chi connectivity index (χ1n) is 20.2. The molecule has 0 aliphatic rings. The molecule has 0 atom stereocenters. The number of fused-ring (bicyclic) bond motifs is 9. The molecule has 59 heavy (non-hydrogen) atoms. The van der Waals surface area contributed by atoms with E-state index in [1.54, 1.807) is 0 Å². The summed E-state index contributed by atoms with van der Waals surface area (Å²) >= 11 is 0. The van der Waals surface area contributed by atoms with Gasteiger partial charge in [-0.05, 0) is 105 Å². The topological polar surface area (TPSA) is 21.3 Å². The molecule has 0 N–H and O–H groups in total. The van der Waals surface area contributed by atoms with E-state index in [2.05, 4.69) is 228 Å². The molecule has 12 rings (SSSR count). The van der Waals surface area contributed by atoms with Crippen molar-refractivity contribution in [1.82, 2.24) is 4.57 Å². The van der Waals surface area contributed by atoms with Gasteiger partial charge in [-0.2, -0.15) is 0 Å². The number of rotatable bonds is 6. The fourth-order valence-corrected chi connectivity index (χ4v) is 9.21. The summed E-state index contributed by atoms with van der Waals surface area (Å²) in [5, 5.41) is 9.54. The highest BCUT2D eigenvalue weighted by Gasteiger charge is 2.21. The van der Waals surface area contributed by atoms with Gasteiger partial charge in [-0.1, -0.05) is 152 Å². The van der Waals surface area contributed by atoms with Crippen molar-refractivity contribution in [1.29, 1.82) is 0 Å². The fraction of sp³-hybridized carbons (Fsp3) is 0. The lowest BCUT2D eigenvalue weighted by atomic mass is 9.98. The Labute approximate surface area is 341 Å². The Morgan fingerprint density at radius 2 is 0.949 bits per heavy atom. The van der Waals surface area contributed by atoms with Crippen LogP contribution in [0, 0.1) is 0 Å². The first kappa shape index (κ1) is 33.3. The van der Waals surface area contributed by atoms with E-state index in [0.717, 1.165) is 61.2 Å². The van der Waals surface area contributed by atoms with E-state index >= 15 is 0 Å². The molecule has 0 amide bonds. The van der Waals surface area contributed by atoms with Gasteiger partial charge in [-0.3, -0.25) is 0 Å². The normalized spacial score (nSPS) is 11.7. The van der Waals surface area contributed by atoms with E-state index in [0.29, 0.717) is 0 Å². The van der Waals surface area contributed by atoms with E-state index in [9.17, 15) is 0 Å². The van der Waals surface area contributed by atoms with Crippen LogP contribution in [-0.4, -0.2) is 4.57 Å². The van der Waals surface area contributed by atoms with Gasteiger partial charge in [-0.25, -0.2) is 0 Å². The van der Waals surface area contributed by atoms with Crippen LogP contribution in [0.3, 0.4) is 0 Å². The summed E-state index contributed by atoms with van der Waals surface area (Å²) in [6, 6.07) is 78.7. The fourth-order valence-electron chi connectivity index (χ4n) is 9.21. The Hall–Kier alpha value is -7.88. The van der Waals surface area contributed by atoms with Gasteiger partial charge in [0.15, 0.2) is 0 Å². The number of hydrogen-bond donors (Lipinski definition) is 0. The highest BCUT2D eigenvalue weighted by Crippen LogP contribution is 2.44. The van der Waals surface area contributed by atoms with E-state index in [1.807, 2.05) is 0 Å². The summed E-state index contributed by atoms with van der Waals surface area (Å²) in [5.41, 5.74) is 13.2. The van der Waals surface area contributed by atoms with Gasteiger partial charge in [-0.15, -0.1) is 0 Å². The maximum absolute atomic E-state index is 6.57. The average molecular weight is 753 g/mol. The maximum Gasteiger partial charge on any atom is 0.143 e. The Bertz CT molecular complexity index is 3500. The first-order valence-corrected chi connectivity index (χ1v) is 20.2. The standard InChI is InChI=1S/C56H36N2O/c1-2-14-41-36-42(25-24-37(41)12-1)38-26-31-43(32-27-38)57(52-21-9-10-22-53(52)58-50-19-7-5-16-47(50)48-17-6-8-20-51(48)58)44-33-28-40(29-34-44)45-18-11-23-54-55(45)49-35-30-39-13-3-4-15-46(39)56(49)59-54/h1-36H. The third kappa shape index (κ3) is 5.36. The summed E-state index contributed by atoms with van der Waals surface area (Å²) in [5.74, 6) is 0. The molecule has 2 aromatic heterocycles. The number of anilines is 3. The molecule has 3 nitrogen and oxygen atoms in total. The zero-order chi connectivity index (χ0) is 38.9. The molecule has 0 fully saturated rings. The lowest BCUT2D eigenvalue weighted by Crippen LogP contribution is -2.13. The summed E-state index contributed by atoms with van der Waals surface area (Å²) < 4.78 is 8.98. The molecular formula is C56H36N2O. The molecular weight excluding hydrogens is 717 g/mol. The minimum absolute atomic E-state index is 0.895. The number of benzene rings is 10. The molecule has 0 radical (unpaired) electrons. The third-order valence-corrected chi connectivity index (χ3v) is 12.0. The monoisotopic (exact) mass is 752 g/mol. The summed E-state index contributed by atoms with van der Waals surface area (Å²) in [4.78, 5) is 2.40. The summed E-state index contributed by atoms with van der Waals surface area (Å²) in [6.45, 7) is 0. The SMILES string of the molecule is c1ccc(-n2c3ccccc3c3ccccc32)c(N(c2ccc(-c3ccc4ccccc4c3)cc2)c2ccc(-c3cccc4oc5c6ccccc6ccc5c34)cc2)c1. The number of furan rings is 1. The van der Waals surface area contributed by atoms with Crippen LogP contribution in [0.5, 0.6) is 0 Å². The van der Waals surface area contributed by atoms with Crippen LogP contribution >= 0.6 is 0 Å². The number of para-hydroxylation sites is 4. The van der Waals surface area contributed by atoms with Crippen molar-refractivity contribution in [3.8, 4) is 27.9 Å². The second kappa shape index (κ2) is 13.4. The quantitative estimate of drug-likeness (QED) is 0.169. The predicted octanol–water partition coefficient (Wildman–Crippen LogP) is 15.8. The first-order chi connectivity index (χ1) is 29.3. The van der Waals surface area contributed by atoms with Gasteiger partial charge in [0.05, 0.1) is 22.4 Å². The Morgan fingerprint density at radius 3 is 1.69 bits per heavy atom. The van der Waals surface area contributed by atoms with E-state index in [-0.39, 0.29) is 0 Å². The van der Waals surface area contributed by atoms with Crippen LogP contribution < -0.4 is 4.90 Å². The van der Waals surface area contributed by atoms with Gasteiger partial charge in [0.25, 0.3) is 0 Å². The highest BCUT2D eigenvalue weighted by molar-refractivity contribution is 6.19. The summed E-state index contributed by atoms with van der Waals surface area (Å²) in [6.07, 6.45) is 0. The van der Waals surface area contributed by atoms with Crippen molar-refractivity contribution >= 4 is 82.4 Å². The zero-order valence-electron chi connectivity index (χ0n) is 32.1. The average Bonchev–Trinajstić information content (AvgIpc) is 3.86. The minimum Gasteiger partial charge on any atom is -0.455 e. The van der Waals surface area contributed by atoms with Gasteiger partial charge in [0, 0.05) is 38.3 Å². The number of hydrogen-bond acceptors (Lipinski definition) is 2. The van der Waals surface area contributed by atoms with Gasteiger partial charge in [0.2, 0.25) is 0 Å².